The number of amides is 1. The van der Waals surface area contributed by atoms with Crippen LogP contribution in [0.5, 0.6) is 0 Å². The molecule has 8 heteroatoms. The van der Waals surface area contributed by atoms with Crippen LogP contribution in [-0.2, 0) is 11.3 Å². The molecule has 0 aliphatic heterocycles. The number of methoxy groups -OCH3 is 1. The molecule has 1 atom stereocenters. The Labute approximate surface area is 138 Å². The van der Waals surface area contributed by atoms with Gasteiger partial charge in [-0.2, -0.15) is 5.10 Å². The molecule has 7 nitrogen and oxygen atoms in total. The summed E-state index contributed by atoms with van der Waals surface area (Å²) < 4.78 is 6.11. The third-order valence-corrected chi connectivity index (χ3v) is 3.37. The lowest BCUT2D eigenvalue weighted by Crippen LogP contribution is -2.32. The first-order chi connectivity index (χ1) is 11.0. The maximum absolute atomic E-state index is 12.3. The largest absolute Gasteiger partial charge is 0.383 e. The highest BCUT2D eigenvalue weighted by atomic mass is 35.5. The standard InChI is InChI=1S/C15H17ClN4O3/c1-10(12-4-3-11(16)9-17-12)18-15(22)13-5-6-14(21)20(19-13)7-8-23-2/h3-6,9-10H,7-8H2,1-2H3,(H,18,22)/t10-/m1/s1. The second kappa shape index (κ2) is 7.85. The van der Waals surface area contributed by atoms with Gasteiger partial charge in [-0.1, -0.05) is 11.6 Å². The van der Waals surface area contributed by atoms with Crippen molar-refractivity contribution < 1.29 is 9.53 Å². The van der Waals surface area contributed by atoms with Crippen LogP contribution < -0.4 is 10.9 Å². The summed E-state index contributed by atoms with van der Waals surface area (Å²) in [5, 5.41) is 7.35. The third kappa shape index (κ3) is 4.61. The van der Waals surface area contributed by atoms with Gasteiger partial charge >= 0.3 is 0 Å². The highest BCUT2D eigenvalue weighted by molar-refractivity contribution is 6.30. The summed E-state index contributed by atoms with van der Waals surface area (Å²) in [6.45, 7) is 2.42. The van der Waals surface area contributed by atoms with E-state index in [1.165, 1.54) is 30.1 Å². The zero-order chi connectivity index (χ0) is 16.8. The molecule has 0 aromatic carbocycles. The monoisotopic (exact) mass is 336 g/mol. The van der Waals surface area contributed by atoms with Crippen LogP contribution in [0.3, 0.4) is 0 Å². The van der Waals surface area contributed by atoms with E-state index >= 15 is 0 Å². The molecular formula is C15H17ClN4O3. The van der Waals surface area contributed by atoms with Gasteiger partial charge in [0.1, 0.15) is 5.69 Å². The maximum Gasteiger partial charge on any atom is 0.272 e. The highest BCUT2D eigenvalue weighted by Gasteiger charge is 2.14. The number of rotatable bonds is 6. The Morgan fingerprint density at radius 1 is 1.39 bits per heavy atom. The number of halogens is 1. The molecule has 122 valence electrons. The first-order valence-corrected chi connectivity index (χ1v) is 7.38. The predicted molar refractivity (Wildman–Crippen MR) is 85.5 cm³/mol. The quantitative estimate of drug-likeness (QED) is 0.862. The van der Waals surface area contributed by atoms with E-state index in [1.54, 1.807) is 19.1 Å². The minimum Gasteiger partial charge on any atom is -0.383 e. The number of nitrogens with one attached hydrogen (secondary N) is 1. The molecule has 0 unspecified atom stereocenters. The molecule has 0 saturated heterocycles. The highest BCUT2D eigenvalue weighted by Crippen LogP contribution is 2.13. The zero-order valence-corrected chi connectivity index (χ0v) is 13.6. The number of ether oxygens (including phenoxy) is 1. The average Bonchev–Trinajstić information content (AvgIpc) is 2.54. The number of aromatic nitrogens is 3. The normalized spacial score (nSPS) is 12.0. The number of carbonyl (C=O) groups is 1. The fourth-order valence-electron chi connectivity index (χ4n) is 1.90. The number of nitrogens with zero attached hydrogens (tertiary/aromatic N) is 3. The molecule has 1 amide bonds. The van der Waals surface area contributed by atoms with Crippen molar-refractivity contribution in [1.29, 1.82) is 0 Å². The van der Waals surface area contributed by atoms with E-state index in [0.29, 0.717) is 17.3 Å². The van der Waals surface area contributed by atoms with Crippen molar-refractivity contribution in [3.05, 3.63) is 57.2 Å². The van der Waals surface area contributed by atoms with Crippen molar-refractivity contribution in [1.82, 2.24) is 20.1 Å². The first kappa shape index (κ1) is 17.1. The molecule has 0 bridgehead atoms. The third-order valence-electron chi connectivity index (χ3n) is 3.15. The molecule has 23 heavy (non-hydrogen) atoms. The van der Waals surface area contributed by atoms with Crippen LogP contribution in [0.25, 0.3) is 0 Å². The van der Waals surface area contributed by atoms with Crippen molar-refractivity contribution >= 4 is 17.5 Å². The van der Waals surface area contributed by atoms with Crippen LogP contribution in [0.2, 0.25) is 5.02 Å². The van der Waals surface area contributed by atoms with Gasteiger partial charge in [-0.3, -0.25) is 14.6 Å². The summed E-state index contributed by atoms with van der Waals surface area (Å²) in [6.07, 6.45) is 1.52. The SMILES string of the molecule is COCCn1nc(C(=O)N[C@H](C)c2ccc(Cl)cn2)ccc1=O. The molecule has 2 aromatic heterocycles. The Hall–Kier alpha value is -2.25. The number of hydrogen-bond acceptors (Lipinski definition) is 5. The smallest absolute Gasteiger partial charge is 0.272 e. The molecule has 0 aliphatic rings. The van der Waals surface area contributed by atoms with Gasteiger partial charge in [0.25, 0.3) is 11.5 Å². The van der Waals surface area contributed by atoms with E-state index in [0.717, 1.165) is 0 Å². The fourth-order valence-corrected chi connectivity index (χ4v) is 2.01. The lowest BCUT2D eigenvalue weighted by Gasteiger charge is -2.13. The van der Waals surface area contributed by atoms with Crippen LogP contribution in [0.15, 0.2) is 35.3 Å². The van der Waals surface area contributed by atoms with Crippen molar-refractivity contribution in [2.75, 3.05) is 13.7 Å². The van der Waals surface area contributed by atoms with Crippen LogP contribution in [-0.4, -0.2) is 34.4 Å². The van der Waals surface area contributed by atoms with Gasteiger partial charge in [0, 0.05) is 19.4 Å². The molecular weight excluding hydrogens is 320 g/mol. The summed E-state index contributed by atoms with van der Waals surface area (Å²) >= 11 is 5.79. The Balaban J connectivity index is 2.10. The molecule has 0 fully saturated rings. The van der Waals surface area contributed by atoms with Gasteiger partial charge in [0.05, 0.1) is 29.9 Å². The molecule has 2 rings (SSSR count). The number of hydrogen-bond donors (Lipinski definition) is 1. The summed E-state index contributed by atoms with van der Waals surface area (Å²) in [7, 11) is 1.53. The van der Waals surface area contributed by atoms with Gasteiger partial charge in [0.15, 0.2) is 0 Å². The van der Waals surface area contributed by atoms with E-state index in [4.69, 9.17) is 16.3 Å². The van der Waals surface area contributed by atoms with Crippen LogP contribution in [0.1, 0.15) is 29.1 Å². The summed E-state index contributed by atoms with van der Waals surface area (Å²) in [5.74, 6) is -0.389. The topological polar surface area (TPSA) is 86.1 Å². The fraction of sp³-hybridized carbons (Fsp3) is 0.333. The molecule has 0 radical (unpaired) electrons. The summed E-state index contributed by atoms with van der Waals surface area (Å²) in [4.78, 5) is 28.1. The van der Waals surface area contributed by atoms with E-state index in [-0.39, 0.29) is 29.7 Å². The van der Waals surface area contributed by atoms with Crippen molar-refractivity contribution in [2.24, 2.45) is 0 Å². The Bertz CT molecular complexity index is 730. The second-order valence-electron chi connectivity index (χ2n) is 4.87. The zero-order valence-electron chi connectivity index (χ0n) is 12.8. The van der Waals surface area contributed by atoms with Crippen molar-refractivity contribution in [2.45, 2.75) is 19.5 Å². The Morgan fingerprint density at radius 2 is 2.17 bits per heavy atom. The predicted octanol–water partition coefficient (Wildman–Crippen LogP) is 1.43. The second-order valence-corrected chi connectivity index (χ2v) is 5.31. The number of carbonyl (C=O) groups excluding carboxylic acids is 1. The van der Waals surface area contributed by atoms with Crippen LogP contribution in [0, 0.1) is 0 Å². The van der Waals surface area contributed by atoms with Crippen molar-refractivity contribution in [3.63, 3.8) is 0 Å². The van der Waals surface area contributed by atoms with Crippen LogP contribution in [0.4, 0.5) is 0 Å². The van der Waals surface area contributed by atoms with E-state index in [2.05, 4.69) is 15.4 Å². The lowest BCUT2D eigenvalue weighted by molar-refractivity contribution is 0.0930. The van der Waals surface area contributed by atoms with E-state index in [9.17, 15) is 9.59 Å². The van der Waals surface area contributed by atoms with Gasteiger partial charge < -0.3 is 10.1 Å². The average molecular weight is 337 g/mol. The minimum absolute atomic E-state index is 0.154. The summed E-state index contributed by atoms with van der Waals surface area (Å²) in [6, 6.07) is 5.82. The van der Waals surface area contributed by atoms with Gasteiger partial charge in [-0.25, -0.2) is 4.68 Å². The number of pyridine rings is 1. The van der Waals surface area contributed by atoms with Gasteiger partial charge in [-0.15, -0.1) is 0 Å². The summed E-state index contributed by atoms with van der Waals surface area (Å²) in [5.41, 5.74) is 0.544. The molecule has 0 aliphatic carbocycles. The van der Waals surface area contributed by atoms with E-state index in [1.807, 2.05) is 0 Å². The maximum atomic E-state index is 12.3. The minimum atomic E-state index is -0.389. The Kier molecular flexibility index (Phi) is 5.84. The molecule has 1 N–H and O–H groups in total. The van der Waals surface area contributed by atoms with E-state index < -0.39 is 0 Å². The first-order valence-electron chi connectivity index (χ1n) is 7.00. The van der Waals surface area contributed by atoms with Crippen LogP contribution >= 0.6 is 11.6 Å². The lowest BCUT2D eigenvalue weighted by atomic mass is 10.2. The van der Waals surface area contributed by atoms with Crippen molar-refractivity contribution in [3.8, 4) is 0 Å². The Morgan fingerprint density at radius 3 is 2.83 bits per heavy atom. The molecule has 0 saturated carbocycles. The molecule has 0 spiro atoms. The van der Waals surface area contributed by atoms with Gasteiger partial charge in [0.2, 0.25) is 0 Å². The molecule has 2 heterocycles. The molecule has 2 aromatic rings. The van der Waals surface area contributed by atoms with Gasteiger partial charge in [-0.05, 0) is 25.1 Å².